The van der Waals surface area contributed by atoms with E-state index in [-0.39, 0.29) is 17.2 Å². The number of fused-ring (bicyclic) bond motifs is 1. The molecule has 0 aliphatic carbocycles. The molecule has 2 aromatic heterocycles. The van der Waals surface area contributed by atoms with Crippen molar-refractivity contribution >= 4 is 27.1 Å². The highest BCUT2D eigenvalue weighted by atomic mass is 32.2. The maximum atomic E-state index is 13.0. The summed E-state index contributed by atoms with van der Waals surface area (Å²) in [6.07, 6.45) is 9.11. The molecule has 8 nitrogen and oxygen atoms in total. The van der Waals surface area contributed by atoms with Crippen LogP contribution in [0, 0.1) is 12.3 Å². The number of ether oxygens (including phenoxy) is 1. The second-order valence-electron chi connectivity index (χ2n) is 7.48. The van der Waals surface area contributed by atoms with E-state index in [0.717, 1.165) is 5.56 Å². The molecule has 2 heterocycles. The fourth-order valence-electron chi connectivity index (χ4n) is 3.51. The van der Waals surface area contributed by atoms with E-state index >= 15 is 0 Å². The highest BCUT2D eigenvalue weighted by molar-refractivity contribution is 7.92. The molecule has 0 fully saturated rings. The van der Waals surface area contributed by atoms with Crippen LogP contribution in [0.5, 0.6) is 5.75 Å². The van der Waals surface area contributed by atoms with Crippen molar-refractivity contribution < 1.29 is 17.9 Å². The summed E-state index contributed by atoms with van der Waals surface area (Å²) in [7, 11) is -1.96. The zero-order valence-electron chi connectivity index (χ0n) is 18.4. The van der Waals surface area contributed by atoms with Gasteiger partial charge >= 0.3 is 0 Å². The third-order valence-corrected chi connectivity index (χ3v) is 6.54. The molecule has 0 radical (unpaired) electrons. The van der Waals surface area contributed by atoms with Gasteiger partial charge in [-0.25, -0.2) is 18.4 Å². The summed E-state index contributed by atoms with van der Waals surface area (Å²) < 4.78 is 34.1. The molecular formula is C25H22N4O4S. The van der Waals surface area contributed by atoms with Crippen molar-refractivity contribution in [1.29, 1.82) is 0 Å². The van der Waals surface area contributed by atoms with Crippen LogP contribution in [0.4, 0.5) is 5.69 Å². The number of anilines is 1. The molecular weight excluding hydrogens is 452 g/mol. The molecule has 1 N–H and O–H groups in total. The lowest BCUT2D eigenvalue weighted by molar-refractivity contribution is 0.103. The number of methoxy groups -OCH3 is 1. The van der Waals surface area contributed by atoms with Gasteiger partial charge in [-0.15, -0.1) is 12.3 Å². The number of ketones is 1. The Morgan fingerprint density at radius 1 is 1.15 bits per heavy atom. The first-order valence-corrected chi connectivity index (χ1v) is 12.1. The summed E-state index contributed by atoms with van der Waals surface area (Å²) in [5.74, 6) is 2.77. The van der Waals surface area contributed by atoms with Gasteiger partial charge in [0, 0.05) is 29.4 Å². The van der Waals surface area contributed by atoms with Crippen molar-refractivity contribution in [2.75, 3.05) is 17.6 Å². The van der Waals surface area contributed by atoms with Gasteiger partial charge in [0.1, 0.15) is 12.1 Å². The molecule has 0 unspecified atom stereocenters. The SMILES string of the molecule is C#CCCCS(=O)(=O)Nc1cccc(-c2ccnc3c(C(=O)c4ccc(OC)cc4)ncn23)c1. The van der Waals surface area contributed by atoms with E-state index in [9.17, 15) is 13.2 Å². The van der Waals surface area contributed by atoms with E-state index in [1.165, 1.54) is 6.33 Å². The predicted octanol–water partition coefficient (Wildman–Crippen LogP) is 3.79. The number of terminal acetylenes is 1. The second kappa shape index (κ2) is 9.77. The van der Waals surface area contributed by atoms with Gasteiger partial charge in [-0.2, -0.15) is 0 Å². The van der Waals surface area contributed by atoms with Crippen molar-refractivity contribution in [3.8, 4) is 29.4 Å². The Kier molecular flexibility index (Phi) is 6.61. The van der Waals surface area contributed by atoms with Gasteiger partial charge in [-0.3, -0.25) is 13.9 Å². The lowest BCUT2D eigenvalue weighted by atomic mass is 10.1. The van der Waals surface area contributed by atoms with Crippen LogP contribution in [0.15, 0.2) is 67.1 Å². The van der Waals surface area contributed by atoms with Crippen LogP contribution in [-0.4, -0.2) is 41.4 Å². The first kappa shape index (κ1) is 23.0. The van der Waals surface area contributed by atoms with Crippen LogP contribution < -0.4 is 9.46 Å². The summed E-state index contributed by atoms with van der Waals surface area (Å²) in [5.41, 5.74) is 2.96. The fourth-order valence-corrected chi connectivity index (χ4v) is 4.62. The Morgan fingerprint density at radius 3 is 2.68 bits per heavy atom. The summed E-state index contributed by atoms with van der Waals surface area (Å²) >= 11 is 0. The van der Waals surface area contributed by atoms with Crippen LogP contribution in [0.3, 0.4) is 0 Å². The van der Waals surface area contributed by atoms with Crippen molar-refractivity contribution in [3.63, 3.8) is 0 Å². The van der Waals surface area contributed by atoms with Crippen LogP contribution in [0.2, 0.25) is 0 Å². The maximum absolute atomic E-state index is 13.0. The summed E-state index contributed by atoms with van der Waals surface area (Å²) in [5, 5.41) is 0. The number of sulfonamides is 1. The van der Waals surface area contributed by atoms with Crippen LogP contribution >= 0.6 is 0 Å². The molecule has 34 heavy (non-hydrogen) atoms. The average Bonchev–Trinajstić information content (AvgIpc) is 3.28. The van der Waals surface area contributed by atoms with Crippen molar-refractivity contribution in [3.05, 3.63) is 78.4 Å². The number of benzene rings is 2. The van der Waals surface area contributed by atoms with E-state index in [2.05, 4.69) is 20.6 Å². The van der Waals surface area contributed by atoms with Gasteiger partial charge < -0.3 is 4.74 Å². The minimum Gasteiger partial charge on any atom is -0.497 e. The second-order valence-corrected chi connectivity index (χ2v) is 9.33. The van der Waals surface area contributed by atoms with Crippen molar-refractivity contribution in [2.24, 2.45) is 0 Å². The highest BCUT2D eigenvalue weighted by Crippen LogP contribution is 2.25. The third-order valence-electron chi connectivity index (χ3n) is 5.16. The largest absolute Gasteiger partial charge is 0.497 e. The number of rotatable bonds is 9. The van der Waals surface area contributed by atoms with Gasteiger partial charge in [-0.1, -0.05) is 12.1 Å². The first-order valence-electron chi connectivity index (χ1n) is 10.5. The minimum absolute atomic E-state index is 0.0563. The number of nitrogens with zero attached hydrogens (tertiary/aromatic N) is 3. The van der Waals surface area contributed by atoms with E-state index in [1.807, 2.05) is 6.07 Å². The first-order chi connectivity index (χ1) is 16.4. The molecule has 4 aromatic rings. The number of hydrogen-bond acceptors (Lipinski definition) is 6. The third kappa shape index (κ3) is 4.92. The highest BCUT2D eigenvalue weighted by Gasteiger charge is 2.19. The summed E-state index contributed by atoms with van der Waals surface area (Å²) in [6.45, 7) is 0. The zero-order chi connectivity index (χ0) is 24.1. The molecule has 4 rings (SSSR count). The van der Waals surface area contributed by atoms with Gasteiger partial charge in [0.2, 0.25) is 15.8 Å². The molecule has 0 aliphatic rings. The molecule has 0 aliphatic heterocycles. The number of nitrogens with one attached hydrogen (secondary N) is 1. The van der Waals surface area contributed by atoms with E-state index in [0.29, 0.717) is 41.2 Å². The predicted molar refractivity (Wildman–Crippen MR) is 130 cm³/mol. The van der Waals surface area contributed by atoms with Gasteiger partial charge in [0.15, 0.2) is 11.3 Å². The Labute approximate surface area is 197 Å². The minimum atomic E-state index is -3.52. The Bertz CT molecular complexity index is 1490. The smallest absolute Gasteiger partial charge is 0.232 e. The quantitative estimate of drug-likeness (QED) is 0.225. The standard InChI is InChI=1S/C25H22N4O4S/c1-3-4-5-15-34(31,32)28-20-8-6-7-19(16-20)22-13-14-26-25-23(27-17-29(22)25)24(30)18-9-11-21(33-2)12-10-18/h1,6-14,16-17,28H,4-5,15H2,2H3. The number of unbranched alkanes of at least 4 members (excludes halogenated alkanes) is 1. The van der Waals surface area contributed by atoms with Gasteiger partial charge in [0.25, 0.3) is 0 Å². The Balaban J connectivity index is 1.65. The Morgan fingerprint density at radius 2 is 1.94 bits per heavy atom. The van der Waals surface area contributed by atoms with Crippen molar-refractivity contribution in [1.82, 2.24) is 14.4 Å². The fraction of sp³-hybridized carbons (Fsp3) is 0.160. The number of imidazole rings is 1. The summed E-state index contributed by atoms with van der Waals surface area (Å²) in [6, 6.07) is 15.5. The maximum Gasteiger partial charge on any atom is 0.232 e. The zero-order valence-corrected chi connectivity index (χ0v) is 19.2. The molecule has 0 saturated heterocycles. The molecule has 0 saturated carbocycles. The molecule has 2 aromatic carbocycles. The van der Waals surface area contributed by atoms with Crippen LogP contribution in [0.25, 0.3) is 16.9 Å². The molecule has 9 heteroatoms. The molecule has 0 atom stereocenters. The average molecular weight is 475 g/mol. The Hall–Kier alpha value is -4.16. The molecule has 172 valence electrons. The number of carbonyl (C=O) groups is 1. The van der Waals surface area contributed by atoms with Gasteiger partial charge in [0.05, 0.1) is 18.6 Å². The molecule has 0 amide bonds. The van der Waals surface area contributed by atoms with E-state index in [4.69, 9.17) is 11.2 Å². The van der Waals surface area contributed by atoms with Crippen molar-refractivity contribution in [2.45, 2.75) is 12.8 Å². The summed E-state index contributed by atoms with van der Waals surface area (Å²) in [4.78, 5) is 21.7. The lowest BCUT2D eigenvalue weighted by Gasteiger charge is -2.10. The lowest BCUT2D eigenvalue weighted by Crippen LogP contribution is -2.16. The molecule has 0 spiro atoms. The molecule has 0 bridgehead atoms. The van der Waals surface area contributed by atoms with E-state index in [1.54, 1.807) is 66.2 Å². The van der Waals surface area contributed by atoms with E-state index < -0.39 is 10.0 Å². The number of aromatic nitrogens is 3. The monoisotopic (exact) mass is 474 g/mol. The topological polar surface area (TPSA) is 103 Å². The van der Waals surface area contributed by atoms with Crippen LogP contribution in [-0.2, 0) is 10.0 Å². The number of carbonyl (C=O) groups excluding carboxylic acids is 1. The normalized spacial score (nSPS) is 11.2. The van der Waals surface area contributed by atoms with Crippen LogP contribution in [0.1, 0.15) is 28.9 Å². The number of hydrogen-bond donors (Lipinski definition) is 1. The van der Waals surface area contributed by atoms with Gasteiger partial charge in [-0.05, 0) is 48.9 Å².